The fourth-order valence-corrected chi connectivity index (χ4v) is 1.69. The summed E-state index contributed by atoms with van der Waals surface area (Å²) in [6.45, 7) is 3.15. The van der Waals surface area contributed by atoms with Crippen LogP contribution in [-0.2, 0) is 0 Å². The van der Waals surface area contributed by atoms with Crippen LogP contribution in [0.15, 0.2) is 12.4 Å². The first kappa shape index (κ1) is 10.2. The van der Waals surface area contributed by atoms with Crippen LogP contribution in [-0.4, -0.2) is 36.2 Å². The zero-order valence-corrected chi connectivity index (χ0v) is 8.72. The molecule has 0 unspecified atom stereocenters. The van der Waals surface area contributed by atoms with Crippen LogP contribution in [0.1, 0.15) is 12.8 Å². The number of aromatic nitrogens is 2. The molecule has 2 N–H and O–H groups in total. The first-order valence-electron chi connectivity index (χ1n) is 5.30. The topological polar surface area (TPSA) is 64.3 Å². The molecule has 0 amide bonds. The molecule has 1 aromatic rings. The molecule has 0 saturated carbocycles. The largest absolute Gasteiger partial charge is 0.476 e. The van der Waals surface area contributed by atoms with E-state index in [4.69, 9.17) is 10.5 Å². The van der Waals surface area contributed by atoms with E-state index in [0.29, 0.717) is 19.0 Å². The molecule has 0 spiro atoms. The van der Waals surface area contributed by atoms with Gasteiger partial charge in [-0.05, 0) is 12.8 Å². The normalized spacial score (nSPS) is 15.7. The summed E-state index contributed by atoms with van der Waals surface area (Å²) in [5.41, 5.74) is 5.36. The van der Waals surface area contributed by atoms with Crippen LogP contribution in [0, 0.1) is 0 Å². The fourth-order valence-electron chi connectivity index (χ4n) is 1.69. The monoisotopic (exact) mass is 208 g/mol. The van der Waals surface area contributed by atoms with Crippen molar-refractivity contribution in [2.45, 2.75) is 12.8 Å². The van der Waals surface area contributed by atoms with Gasteiger partial charge in [-0.25, -0.2) is 9.97 Å². The molecule has 1 aliphatic rings. The first-order valence-corrected chi connectivity index (χ1v) is 5.30. The number of nitrogens with zero attached hydrogens (tertiary/aromatic N) is 3. The highest BCUT2D eigenvalue weighted by Crippen LogP contribution is 2.19. The number of hydrogen-bond donors (Lipinski definition) is 1. The molecule has 1 saturated heterocycles. The maximum Gasteiger partial charge on any atom is 0.218 e. The molecule has 0 atom stereocenters. The van der Waals surface area contributed by atoms with Crippen molar-refractivity contribution in [3.05, 3.63) is 12.4 Å². The lowest BCUT2D eigenvalue weighted by molar-refractivity contribution is 0.315. The molecule has 2 heterocycles. The SMILES string of the molecule is NCCOc1cc(N2CCCC2)ncn1. The number of anilines is 1. The highest BCUT2D eigenvalue weighted by molar-refractivity contribution is 5.41. The third-order valence-electron chi connectivity index (χ3n) is 2.43. The minimum Gasteiger partial charge on any atom is -0.476 e. The molecule has 0 radical (unpaired) electrons. The molecule has 5 heteroatoms. The van der Waals surface area contributed by atoms with Crippen molar-refractivity contribution in [3.8, 4) is 5.88 Å². The third kappa shape index (κ3) is 2.56. The molecule has 15 heavy (non-hydrogen) atoms. The molecule has 0 aliphatic carbocycles. The lowest BCUT2D eigenvalue weighted by atomic mass is 10.4. The first-order chi connectivity index (χ1) is 7.40. The lowest BCUT2D eigenvalue weighted by Crippen LogP contribution is -2.19. The fraction of sp³-hybridized carbons (Fsp3) is 0.600. The van der Waals surface area contributed by atoms with Crippen LogP contribution in [0.3, 0.4) is 0 Å². The molecule has 0 aromatic carbocycles. The molecule has 1 fully saturated rings. The maximum absolute atomic E-state index is 5.36. The number of hydrogen-bond acceptors (Lipinski definition) is 5. The Morgan fingerprint density at radius 2 is 2.13 bits per heavy atom. The van der Waals surface area contributed by atoms with Crippen molar-refractivity contribution in [1.29, 1.82) is 0 Å². The molecule has 0 bridgehead atoms. The Kier molecular flexibility index (Phi) is 3.34. The van der Waals surface area contributed by atoms with Gasteiger partial charge in [-0.15, -0.1) is 0 Å². The summed E-state index contributed by atoms with van der Waals surface area (Å²) in [4.78, 5) is 10.5. The summed E-state index contributed by atoms with van der Waals surface area (Å²) in [6.07, 6.45) is 4.02. The number of nitrogens with two attached hydrogens (primary N) is 1. The van der Waals surface area contributed by atoms with Crippen molar-refractivity contribution in [2.75, 3.05) is 31.1 Å². The number of ether oxygens (including phenoxy) is 1. The van der Waals surface area contributed by atoms with Crippen LogP contribution >= 0.6 is 0 Å². The lowest BCUT2D eigenvalue weighted by Gasteiger charge is -2.16. The summed E-state index contributed by atoms with van der Waals surface area (Å²) in [5.74, 6) is 1.56. The van der Waals surface area contributed by atoms with Gasteiger partial charge in [0.2, 0.25) is 5.88 Å². The Morgan fingerprint density at radius 1 is 1.33 bits per heavy atom. The van der Waals surface area contributed by atoms with Gasteiger partial charge < -0.3 is 15.4 Å². The van der Waals surface area contributed by atoms with E-state index in [1.54, 1.807) is 6.33 Å². The predicted molar refractivity (Wildman–Crippen MR) is 58.0 cm³/mol. The predicted octanol–water partition coefficient (Wildman–Crippen LogP) is 0.414. The van der Waals surface area contributed by atoms with E-state index < -0.39 is 0 Å². The van der Waals surface area contributed by atoms with Crippen molar-refractivity contribution >= 4 is 5.82 Å². The van der Waals surface area contributed by atoms with E-state index >= 15 is 0 Å². The van der Waals surface area contributed by atoms with E-state index in [9.17, 15) is 0 Å². The molecular weight excluding hydrogens is 192 g/mol. The van der Waals surface area contributed by atoms with Crippen LogP contribution < -0.4 is 15.4 Å². The summed E-state index contributed by atoms with van der Waals surface area (Å²) in [6, 6.07) is 1.88. The highest BCUT2D eigenvalue weighted by atomic mass is 16.5. The average molecular weight is 208 g/mol. The van der Waals surface area contributed by atoms with Crippen molar-refractivity contribution in [1.82, 2.24) is 9.97 Å². The minimum absolute atomic E-state index is 0.496. The van der Waals surface area contributed by atoms with Crippen molar-refractivity contribution in [2.24, 2.45) is 5.73 Å². The average Bonchev–Trinajstić information content (AvgIpc) is 2.80. The maximum atomic E-state index is 5.36. The third-order valence-corrected chi connectivity index (χ3v) is 2.43. The second kappa shape index (κ2) is 4.93. The highest BCUT2D eigenvalue weighted by Gasteiger charge is 2.14. The Hall–Kier alpha value is -1.36. The molecular formula is C10H16N4O. The van der Waals surface area contributed by atoms with Gasteiger partial charge in [-0.2, -0.15) is 0 Å². The van der Waals surface area contributed by atoms with E-state index in [1.165, 1.54) is 12.8 Å². The van der Waals surface area contributed by atoms with Gasteiger partial charge in [0.1, 0.15) is 18.8 Å². The number of rotatable bonds is 4. The molecule has 5 nitrogen and oxygen atoms in total. The van der Waals surface area contributed by atoms with E-state index in [-0.39, 0.29) is 0 Å². The van der Waals surface area contributed by atoms with Crippen LogP contribution in [0.4, 0.5) is 5.82 Å². The standard InChI is InChI=1S/C10H16N4O/c11-3-6-15-10-7-9(12-8-13-10)14-4-1-2-5-14/h7-8H,1-6,11H2. The van der Waals surface area contributed by atoms with E-state index in [1.807, 2.05) is 6.07 Å². The van der Waals surface area contributed by atoms with Gasteiger partial charge in [0, 0.05) is 25.7 Å². The summed E-state index contributed by atoms with van der Waals surface area (Å²) in [7, 11) is 0. The summed E-state index contributed by atoms with van der Waals surface area (Å²) in [5, 5.41) is 0. The molecule has 82 valence electrons. The van der Waals surface area contributed by atoms with Crippen LogP contribution in [0.2, 0.25) is 0 Å². The van der Waals surface area contributed by atoms with Gasteiger partial charge in [-0.1, -0.05) is 0 Å². The van der Waals surface area contributed by atoms with E-state index in [0.717, 1.165) is 18.9 Å². The Labute approximate surface area is 89.3 Å². The summed E-state index contributed by atoms with van der Waals surface area (Å²) >= 11 is 0. The van der Waals surface area contributed by atoms with Crippen molar-refractivity contribution in [3.63, 3.8) is 0 Å². The quantitative estimate of drug-likeness (QED) is 0.776. The van der Waals surface area contributed by atoms with Gasteiger partial charge in [0.25, 0.3) is 0 Å². The zero-order valence-electron chi connectivity index (χ0n) is 8.72. The Morgan fingerprint density at radius 3 is 2.87 bits per heavy atom. The van der Waals surface area contributed by atoms with Gasteiger partial charge >= 0.3 is 0 Å². The molecule has 1 aromatic heterocycles. The second-order valence-corrected chi connectivity index (χ2v) is 3.55. The van der Waals surface area contributed by atoms with Crippen LogP contribution in [0.25, 0.3) is 0 Å². The molecule has 2 rings (SSSR count). The Balaban J connectivity index is 2.04. The van der Waals surface area contributed by atoms with Gasteiger partial charge in [-0.3, -0.25) is 0 Å². The van der Waals surface area contributed by atoms with Gasteiger partial charge in [0.15, 0.2) is 0 Å². The second-order valence-electron chi connectivity index (χ2n) is 3.55. The smallest absolute Gasteiger partial charge is 0.218 e. The van der Waals surface area contributed by atoms with E-state index in [2.05, 4.69) is 14.9 Å². The zero-order chi connectivity index (χ0) is 10.5. The minimum atomic E-state index is 0.496. The van der Waals surface area contributed by atoms with Crippen LogP contribution in [0.5, 0.6) is 5.88 Å². The summed E-state index contributed by atoms with van der Waals surface area (Å²) < 4.78 is 5.35. The van der Waals surface area contributed by atoms with Crippen molar-refractivity contribution < 1.29 is 4.74 Å². The molecule has 1 aliphatic heterocycles. The Bertz CT molecular complexity index is 312. The van der Waals surface area contributed by atoms with Gasteiger partial charge in [0.05, 0.1) is 0 Å².